The average Bonchev–Trinajstić information content (AvgIpc) is 3.34. The van der Waals surface area contributed by atoms with Gasteiger partial charge in [-0.2, -0.15) is 5.10 Å². The second-order valence-corrected chi connectivity index (χ2v) is 13.6. The van der Waals surface area contributed by atoms with E-state index in [0.29, 0.717) is 51.8 Å². The number of halogens is 1. The Kier molecular flexibility index (Phi) is 8.60. The fraction of sp³-hybridized carbons (Fsp3) is 0.485. The second-order valence-electron chi connectivity index (χ2n) is 12.7. The Morgan fingerprint density at radius 2 is 1.91 bits per heavy atom. The van der Waals surface area contributed by atoms with Gasteiger partial charge < -0.3 is 15.5 Å². The Hall–Kier alpha value is -3.93. The molecule has 3 atom stereocenters. The number of fused-ring (bicyclic) bond motifs is 4. The molecule has 3 aliphatic rings. The zero-order chi connectivity index (χ0) is 31.9. The summed E-state index contributed by atoms with van der Waals surface area (Å²) in [6, 6.07) is 4.68. The molecule has 2 N–H and O–H groups in total. The molecule has 12 heteroatoms. The van der Waals surface area contributed by atoms with Gasteiger partial charge in [0, 0.05) is 49.0 Å². The number of amides is 3. The van der Waals surface area contributed by atoms with Crippen LogP contribution >= 0.6 is 15.9 Å². The number of hydrogen-bond donors (Lipinski definition) is 2. The lowest BCUT2D eigenvalue weighted by molar-refractivity contribution is -0.138. The van der Waals surface area contributed by atoms with Crippen molar-refractivity contribution in [3.63, 3.8) is 0 Å². The first kappa shape index (κ1) is 31.1. The van der Waals surface area contributed by atoms with Crippen LogP contribution in [0.5, 0.6) is 0 Å². The number of allylic oxidation sites excluding steroid dienone is 2. The van der Waals surface area contributed by atoms with E-state index < -0.39 is 6.04 Å². The van der Waals surface area contributed by atoms with Crippen LogP contribution in [0.15, 0.2) is 35.0 Å². The summed E-state index contributed by atoms with van der Waals surface area (Å²) < 4.78 is 2.14. The molecule has 1 saturated carbocycles. The first-order valence-corrected chi connectivity index (χ1v) is 16.4. The van der Waals surface area contributed by atoms with E-state index in [1.807, 2.05) is 19.1 Å². The molecule has 45 heavy (non-hydrogen) atoms. The summed E-state index contributed by atoms with van der Waals surface area (Å²) in [6.45, 7) is 5.57. The standard InChI is InChI=1S/C33H38BrN7O4/c1-19-14-22-29(20(2)42)39-40-18-28(44)41-24(15-33(3)16-25(33)41)32(45)38-31-21(12-13-26(34)37-31)17-35-27(43)11-9-7-5-4-6-8-10-23(36-19)30(22)40/h6,8,12-14,24-25H,4-5,7,9-11,15-18H2,1-3H3,(H,35,43)(H,37,38,45)/b8-6+/t24-,25+,33-/m0/s1. The van der Waals surface area contributed by atoms with Crippen LogP contribution in [0.1, 0.15) is 86.2 Å². The van der Waals surface area contributed by atoms with Crippen molar-refractivity contribution < 1.29 is 19.2 Å². The molecule has 2 aliphatic heterocycles. The molecule has 3 aromatic rings. The van der Waals surface area contributed by atoms with E-state index >= 15 is 0 Å². The monoisotopic (exact) mass is 675 g/mol. The van der Waals surface area contributed by atoms with Gasteiger partial charge in [0.15, 0.2) is 5.78 Å². The summed E-state index contributed by atoms with van der Waals surface area (Å²) in [7, 11) is 0. The van der Waals surface area contributed by atoms with Gasteiger partial charge in [0.05, 0.1) is 11.2 Å². The highest BCUT2D eigenvalue weighted by Crippen LogP contribution is 2.59. The molecule has 6 rings (SSSR count). The number of Topliss-reactive ketones (excluding diaryl/α,β-unsaturated/α-hetero) is 1. The number of piperidine rings is 1. The van der Waals surface area contributed by atoms with Crippen molar-refractivity contribution in [1.82, 2.24) is 30.0 Å². The fourth-order valence-corrected chi connectivity index (χ4v) is 7.05. The number of nitrogens with zero attached hydrogens (tertiary/aromatic N) is 5. The summed E-state index contributed by atoms with van der Waals surface area (Å²) in [5, 5.41) is 11.2. The van der Waals surface area contributed by atoms with Gasteiger partial charge in [0.2, 0.25) is 17.7 Å². The number of carbonyl (C=O) groups is 4. The highest BCUT2D eigenvalue weighted by molar-refractivity contribution is 9.10. The van der Waals surface area contributed by atoms with Gasteiger partial charge in [-0.3, -0.25) is 28.8 Å². The van der Waals surface area contributed by atoms with Crippen LogP contribution in [0.25, 0.3) is 10.9 Å². The molecular formula is C33H38BrN7O4. The first-order valence-electron chi connectivity index (χ1n) is 15.6. The quantitative estimate of drug-likeness (QED) is 0.215. The molecule has 1 saturated heterocycles. The highest BCUT2D eigenvalue weighted by atomic mass is 79.9. The molecule has 236 valence electrons. The summed E-state index contributed by atoms with van der Waals surface area (Å²) in [4.78, 5) is 64.1. The molecule has 3 amide bonds. The van der Waals surface area contributed by atoms with Gasteiger partial charge in [0.1, 0.15) is 28.7 Å². The van der Waals surface area contributed by atoms with Crippen molar-refractivity contribution in [2.24, 2.45) is 5.41 Å². The van der Waals surface area contributed by atoms with Crippen LogP contribution < -0.4 is 10.6 Å². The first-order chi connectivity index (χ1) is 21.5. The van der Waals surface area contributed by atoms with Crippen molar-refractivity contribution in [1.29, 1.82) is 0 Å². The maximum Gasteiger partial charge on any atom is 0.248 e. The molecular weight excluding hydrogens is 638 g/mol. The predicted molar refractivity (Wildman–Crippen MR) is 172 cm³/mol. The second kappa shape index (κ2) is 12.5. The van der Waals surface area contributed by atoms with Crippen molar-refractivity contribution >= 4 is 56.2 Å². The minimum Gasteiger partial charge on any atom is -0.352 e. The third kappa shape index (κ3) is 6.43. The number of anilines is 1. The molecule has 5 heterocycles. The zero-order valence-electron chi connectivity index (χ0n) is 25.9. The van der Waals surface area contributed by atoms with E-state index in [4.69, 9.17) is 4.98 Å². The van der Waals surface area contributed by atoms with Gasteiger partial charge in [-0.25, -0.2) is 4.98 Å². The number of pyridine rings is 2. The van der Waals surface area contributed by atoms with Crippen LogP contribution in [0, 0.1) is 12.3 Å². The van der Waals surface area contributed by atoms with Crippen LogP contribution in [-0.2, 0) is 33.9 Å². The Balaban J connectivity index is 1.37. The predicted octanol–water partition coefficient (Wildman–Crippen LogP) is 4.80. The molecule has 3 aromatic heterocycles. The van der Waals surface area contributed by atoms with Crippen LogP contribution in [0.3, 0.4) is 0 Å². The van der Waals surface area contributed by atoms with E-state index in [-0.39, 0.29) is 48.1 Å². The summed E-state index contributed by atoms with van der Waals surface area (Å²) >= 11 is 3.39. The summed E-state index contributed by atoms with van der Waals surface area (Å²) in [5.74, 6) is -0.453. The van der Waals surface area contributed by atoms with Gasteiger partial charge >= 0.3 is 0 Å². The Labute approximate surface area is 270 Å². The normalized spacial score (nSPS) is 25.2. The molecule has 0 unspecified atom stereocenters. The molecule has 1 aliphatic carbocycles. The molecule has 0 aromatic carbocycles. The minimum absolute atomic E-state index is 0.0514. The minimum atomic E-state index is -0.695. The van der Waals surface area contributed by atoms with Gasteiger partial charge in [-0.1, -0.05) is 31.6 Å². The van der Waals surface area contributed by atoms with Gasteiger partial charge in [-0.05, 0) is 72.5 Å². The average molecular weight is 677 g/mol. The molecule has 11 nitrogen and oxygen atoms in total. The number of hydrogen-bond acceptors (Lipinski definition) is 7. The Morgan fingerprint density at radius 3 is 2.71 bits per heavy atom. The highest BCUT2D eigenvalue weighted by Gasteiger charge is 2.64. The number of aromatic nitrogens is 4. The van der Waals surface area contributed by atoms with E-state index in [1.54, 1.807) is 15.6 Å². The van der Waals surface area contributed by atoms with Gasteiger partial charge in [-0.15, -0.1) is 0 Å². The molecule has 0 bridgehead atoms. The lowest BCUT2D eigenvalue weighted by Crippen LogP contribution is -2.47. The fourth-order valence-electron chi connectivity index (χ4n) is 6.75. The van der Waals surface area contributed by atoms with E-state index in [1.165, 1.54) is 6.92 Å². The van der Waals surface area contributed by atoms with Gasteiger partial charge in [0.25, 0.3) is 0 Å². The zero-order valence-corrected chi connectivity index (χ0v) is 27.4. The third-order valence-electron chi connectivity index (χ3n) is 9.19. The number of aryl methyl sites for hydroxylation is 1. The maximum atomic E-state index is 14.1. The number of rotatable bonds is 1. The van der Waals surface area contributed by atoms with Crippen molar-refractivity contribution in [2.75, 3.05) is 5.32 Å². The molecule has 2 fully saturated rings. The van der Waals surface area contributed by atoms with Crippen molar-refractivity contribution in [2.45, 2.75) is 97.3 Å². The SMILES string of the molecule is CC(=O)c1nn2c3c(nc(C)cc13)C/C=C/CCCCCC(=O)NCc1ccc(Br)nc1NC(=O)[C@@H]1C[C@@]3(C)C[C@H]3N1C(=O)C2. The van der Waals surface area contributed by atoms with Crippen LogP contribution in [-0.4, -0.2) is 60.2 Å². The third-order valence-corrected chi connectivity index (χ3v) is 9.63. The molecule has 0 radical (unpaired) electrons. The lowest BCUT2D eigenvalue weighted by atomic mass is 10.0. The van der Waals surface area contributed by atoms with Crippen molar-refractivity contribution in [3.8, 4) is 0 Å². The topological polar surface area (TPSA) is 139 Å². The number of nitrogens with one attached hydrogen (secondary N) is 2. The summed E-state index contributed by atoms with van der Waals surface area (Å²) in [5.41, 5.74) is 3.02. The van der Waals surface area contributed by atoms with E-state index in [2.05, 4.69) is 55.7 Å². The van der Waals surface area contributed by atoms with Crippen LogP contribution in [0.2, 0.25) is 0 Å². The van der Waals surface area contributed by atoms with Crippen molar-refractivity contribution in [3.05, 3.63) is 57.6 Å². The van der Waals surface area contributed by atoms with E-state index in [9.17, 15) is 19.2 Å². The number of carbonyl (C=O) groups excluding carboxylic acids is 4. The molecule has 0 spiro atoms. The smallest absolute Gasteiger partial charge is 0.248 e. The lowest BCUT2D eigenvalue weighted by Gasteiger charge is -2.27. The number of ketones is 1. The Bertz CT molecular complexity index is 1730. The van der Waals surface area contributed by atoms with Crippen LogP contribution in [0.4, 0.5) is 5.82 Å². The Morgan fingerprint density at radius 1 is 1.09 bits per heavy atom. The maximum absolute atomic E-state index is 14.1. The van der Waals surface area contributed by atoms with E-state index in [0.717, 1.165) is 43.5 Å². The summed E-state index contributed by atoms with van der Waals surface area (Å²) in [6.07, 6.45) is 9.99. The largest absolute Gasteiger partial charge is 0.352 e.